The van der Waals surface area contributed by atoms with Gasteiger partial charge in [-0.2, -0.15) is 0 Å². The average Bonchev–Trinajstić information content (AvgIpc) is 3.61. The van der Waals surface area contributed by atoms with Crippen LogP contribution >= 0.6 is 11.3 Å². The fourth-order valence-electron chi connectivity index (χ4n) is 3.25. The minimum absolute atomic E-state index is 0.0385. The Morgan fingerprint density at radius 2 is 1.85 bits per heavy atom. The molecule has 3 rings (SSSR count). The molecule has 9 heteroatoms. The van der Waals surface area contributed by atoms with Gasteiger partial charge < -0.3 is 20.0 Å². The largest absolute Gasteiger partial charge is 0.365 e. The van der Waals surface area contributed by atoms with Crippen LogP contribution in [-0.2, 0) is 10.3 Å². The summed E-state index contributed by atoms with van der Waals surface area (Å²) in [6.07, 6.45) is 7.40. The van der Waals surface area contributed by atoms with Crippen molar-refractivity contribution in [2.75, 3.05) is 18.9 Å². The van der Waals surface area contributed by atoms with E-state index < -0.39 is 6.17 Å². The Morgan fingerprint density at radius 1 is 1.13 bits per heavy atom. The molecule has 2 unspecified atom stereocenters. The lowest BCUT2D eigenvalue weighted by Gasteiger charge is -2.20. The van der Waals surface area contributed by atoms with Gasteiger partial charge in [0.1, 0.15) is 12.0 Å². The Morgan fingerprint density at radius 3 is 2.36 bits per heavy atom. The number of rotatable bonds is 10. The SMILES string of the molecule is CC(C)(C)n1ccc(C(=O)NCC=O)c1.CCC(C)CCC(F)CC.CNc1nc(-c2cccc(C)n2)cs1. The second-order valence-electron chi connectivity index (χ2n) is 10.4. The number of hydrogen-bond donors (Lipinski definition) is 2. The second-order valence-corrected chi connectivity index (χ2v) is 11.3. The maximum Gasteiger partial charge on any atom is 0.253 e. The third kappa shape index (κ3) is 13.0. The number of hydrogen-bond acceptors (Lipinski definition) is 6. The van der Waals surface area contributed by atoms with Gasteiger partial charge in [0, 0.05) is 36.1 Å². The number of carbonyl (C=O) groups excluding carboxylic acids is 2. The van der Waals surface area contributed by atoms with E-state index in [0.29, 0.717) is 24.2 Å². The molecule has 0 fully saturated rings. The maximum absolute atomic E-state index is 12.6. The van der Waals surface area contributed by atoms with Crippen LogP contribution in [0.2, 0.25) is 0 Å². The van der Waals surface area contributed by atoms with Crippen LogP contribution in [-0.4, -0.2) is 46.5 Å². The summed E-state index contributed by atoms with van der Waals surface area (Å²) in [7, 11) is 1.87. The summed E-state index contributed by atoms with van der Waals surface area (Å²) in [4.78, 5) is 30.3. The number of aromatic nitrogens is 3. The highest BCUT2D eigenvalue weighted by Gasteiger charge is 2.14. The topological polar surface area (TPSA) is 88.9 Å². The van der Waals surface area contributed by atoms with Gasteiger partial charge in [-0.05, 0) is 71.1 Å². The highest BCUT2D eigenvalue weighted by Crippen LogP contribution is 2.23. The molecule has 3 aromatic rings. The summed E-state index contributed by atoms with van der Waals surface area (Å²) in [5.74, 6) is 0.481. The number of nitrogens with zero attached hydrogens (tertiary/aromatic N) is 3. The van der Waals surface area contributed by atoms with E-state index >= 15 is 0 Å². The monoisotopic (exact) mass is 559 g/mol. The zero-order chi connectivity index (χ0) is 29.4. The molecule has 1 amide bonds. The minimum Gasteiger partial charge on any atom is -0.365 e. The Balaban J connectivity index is 0.000000299. The van der Waals surface area contributed by atoms with Gasteiger partial charge in [-0.25, -0.2) is 9.37 Å². The Labute approximate surface area is 237 Å². The number of halogens is 1. The van der Waals surface area contributed by atoms with Crippen LogP contribution in [0.3, 0.4) is 0 Å². The van der Waals surface area contributed by atoms with Crippen molar-refractivity contribution in [3.63, 3.8) is 0 Å². The highest BCUT2D eigenvalue weighted by atomic mass is 32.1. The van der Waals surface area contributed by atoms with Gasteiger partial charge >= 0.3 is 0 Å². The van der Waals surface area contributed by atoms with Crippen molar-refractivity contribution in [3.05, 3.63) is 53.3 Å². The average molecular weight is 560 g/mol. The molecule has 0 aliphatic carbocycles. The summed E-state index contributed by atoms with van der Waals surface area (Å²) < 4.78 is 14.6. The predicted octanol–water partition coefficient (Wildman–Crippen LogP) is 7.29. The zero-order valence-electron chi connectivity index (χ0n) is 24.8. The smallest absolute Gasteiger partial charge is 0.253 e. The van der Waals surface area contributed by atoms with Crippen molar-refractivity contribution in [1.82, 2.24) is 19.9 Å². The van der Waals surface area contributed by atoms with Crippen molar-refractivity contribution in [1.29, 1.82) is 0 Å². The van der Waals surface area contributed by atoms with E-state index in [0.717, 1.165) is 35.1 Å². The Kier molecular flexibility index (Phi) is 15.2. The van der Waals surface area contributed by atoms with Crippen molar-refractivity contribution >= 4 is 28.7 Å². The number of thiazole rings is 1. The fourth-order valence-corrected chi connectivity index (χ4v) is 3.92. The first-order valence-corrected chi connectivity index (χ1v) is 14.4. The summed E-state index contributed by atoms with van der Waals surface area (Å²) in [5.41, 5.74) is 3.42. The van der Waals surface area contributed by atoms with Crippen molar-refractivity contribution in [3.8, 4) is 11.4 Å². The maximum atomic E-state index is 12.6. The molecule has 3 heterocycles. The van der Waals surface area contributed by atoms with Crippen LogP contribution in [0.25, 0.3) is 11.4 Å². The molecular formula is C30H46FN5O2S. The van der Waals surface area contributed by atoms with Gasteiger partial charge in [-0.1, -0.05) is 33.3 Å². The van der Waals surface area contributed by atoms with Gasteiger partial charge in [0.2, 0.25) is 0 Å². The number of nitrogens with one attached hydrogen (secondary N) is 2. The number of pyridine rings is 1. The number of anilines is 1. The van der Waals surface area contributed by atoms with E-state index in [1.807, 2.05) is 55.2 Å². The van der Waals surface area contributed by atoms with Gasteiger partial charge in [-0.15, -0.1) is 11.3 Å². The molecule has 39 heavy (non-hydrogen) atoms. The summed E-state index contributed by atoms with van der Waals surface area (Å²) >= 11 is 1.59. The lowest BCUT2D eigenvalue weighted by atomic mass is 10.0. The van der Waals surface area contributed by atoms with E-state index in [2.05, 4.69) is 55.2 Å². The number of carbonyl (C=O) groups is 2. The molecule has 0 saturated carbocycles. The zero-order valence-corrected chi connectivity index (χ0v) is 25.6. The lowest BCUT2D eigenvalue weighted by Crippen LogP contribution is -2.25. The standard InChI is InChI=1S/C11H16N2O2.C10H11N3S.C9H19F/c1-11(2,3)13-6-4-9(8-13)10(15)12-5-7-14;1-7-4-3-5-8(12-7)9-6-14-10(11-2)13-9;1-4-8(3)6-7-9(10)5-2/h4,6-8H,5H2,1-3H3,(H,12,15);3-6H,1-2H3,(H,11,13);8-9H,4-7H2,1-3H3. The van der Waals surface area contributed by atoms with Crippen LogP contribution in [0.1, 0.15) is 83.3 Å². The first-order valence-electron chi connectivity index (χ1n) is 13.6. The van der Waals surface area contributed by atoms with Crippen molar-refractivity contribution in [2.45, 2.75) is 85.9 Å². The van der Waals surface area contributed by atoms with Gasteiger partial charge in [-0.3, -0.25) is 9.78 Å². The second kappa shape index (κ2) is 17.5. The van der Waals surface area contributed by atoms with Gasteiger partial charge in [0.15, 0.2) is 5.13 Å². The third-order valence-electron chi connectivity index (χ3n) is 6.06. The van der Waals surface area contributed by atoms with Crippen LogP contribution in [0.5, 0.6) is 0 Å². The normalized spacial score (nSPS) is 12.2. The molecule has 216 valence electrons. The quantitative estimate of drug-likeness (QED) is 0.255. The molecule has 2 N–H and O–H groups in total. The van der Waals surface area contributed by atoms with Crippen LogP contribution in [0.4, 0.5) is 9.52 Å². The summed E-state index contributed by atoms with van der Waals surface area (Å²) in [6, 6.07) is 7.69. The molecule has 0 aromatic carbocycles. The number of aldehydes is 1. The molecule has 0 aliphatic rings. The third-order valence-corrected chi connectivity index (χ3v) is 6.92. The highest BCUT2D eigenvalue weighted by molar-refractivity contribution is 7.14. The predicted molar refractivity (Wildman–Crippen MR) is 161 cm³/mol. The van der Waals surface area contributed by atoms with Crippen LogP contribution in [0.15, 0.2) is 42.0 Å². The molecule has 3 aromatic heterocycles. The number of amides is 1. The molecule has 0 saturated heterocycles. The Bertz CT molecular complexity index is 1110. The van der Waals surface area contributed by atoms with E-state index in [1.165, 1.54) is 6.42 Å². The molecule has 0 bridgehead atoms. The van der Waals surface area contributed by atoms with Crippen LogP contribution < -0.4 is 10.6 Å². The molecule has 7 nitrogen and oxygen atoms in total. The Hall–Kier alpha value is -3.07. The molecule has 0 aliphatic heterocycles. The number of aryl methyl sites for hydroxylation is 1. The molecule has 2 atom stereocenters. The van der Waals surface area contributed by atoms with Crippen molar-refractivity contribution in [2.24, 2.45) is 5.92 Å². The van der Waals surface area contributed by atoms with Gasteiger partial charge in [0.05, 0.1) is 24.0 Å². The van der Waals surface area contributed by atoms with E-state index in [-0.39, 0.29) is 18.0 Å². The molecule has 0 spiro atoms. The summed E-state index contributed by atoms with van der Waals surface area (Å²) in [6.45, 7) is 14.4. The van der Waals surface area contributed by atoms with Crippen molar-refractivity contribution < 1.29 is 14.0 Å². The molecule has 0 radical (unpaired) electrons. The minimum atomic E-state index is -0.561. The lowest BCUT2D eigenvalue weighted by molar-refractivity contribution is -0.107. The van der Waals surface area contributed by atoms with E-state index in [9.17, 15) is 14.0 Å². The first kappa shape index (κ1) is 34.0. The first-order chi connectivity index (χ1) is 18.4. The van der Waals surface area contributed by atoms with Crippen LogP contribution in [0, 0.1) is 12.8 Å². The summed E-state index contributed by atoms with van der Waals surface area (Å²) in [5, 5.41) is 8.43. The number of alkyl halides is 1. The van der Waals surface area contributed by atoms with E-state index in [4.69, 9.17) is 0 Å². The molecular weight excluding hydrogens is 513 g/mol. The fraction of sp³-hybridized carbons (Fsp3) is 0.533. The van der Waals surface area contributed by atoms with Gasteiger partial charge in [0.25, 0.3) is 5.91 Å². The van der Waals surface area contributed by atoms with E-state index in [1.54, 1.807) is 23.6 Å².